The summed E-state index contributed by atoms with van der Waals surface area (Å²) in [7, 11) is 0. The van der Waals surface area contributed by atoms with Gasteiger partial charge in [-0.05, 0) is 0 Å². The van der Waals surface area contributed by atoms with Crippen molar-refractivity contribution in [2.75, 3.05) is 0 Å². The maximum Gasteiger partial charge on any atom is -1.00 e. The molecule has 0 fully saturated rings. The number of rotatable bonds is 6. The fourth-order valence-corrected chi connectivity index (χ4v) is 18.7. The average Bonchev–Trinajstić information content (AvgIpc) is 3.74. The molecule has 0 aromatic heterocycles. The van der Waals surface area contributed by atoms with E-state index in [0.29, 0.717) is 5.92 Å². The Morgan fingerprint density at radius 3 is 1.17 bits per heavy atom. The first-order chi connectivity index (χ1) is 27.1. The first kappa shape index (κ1) is 44.7. The Bertz CT molecular complexity index is 2390. The maximum absolute atomic E-state index is 3.10. The molecule has 300 valence electrons. The molecule has 0 aliphatic heterocycles. The summed E-state index contributed by atoms with van der Waals surface area (Å²) in [5.41, 5.74) is 18.2. The number of allylic oxidation sites excluding steroid dienone is 4. The molecule has 2 aliphatic rings. The molecule has 0 saturated carbocycles. The fraction of sp³-hybridized carbons (Fsp3) is 0.268. The first-order valence-electron chi connectivity index (χ1n) is 20.9. The minimum Gasteiger partial charge on any atom is -1.00 e. The van der Waals surface area contributed by atoms with Gasteiger partial charge in [-0.15, -0.1) is 0 Å². The van der Waals surface area contributed by atoms with E-state index in [-0.39, 0.29) is 44.7 Å². The predicted molar refractivity (Wildman–Crippen MR) is 243 cm³/mol. The Kier molecular flexibility index (Phi) is 13.1. The first-order valence-corrected chi connectivity index (χ1v) is 24.8. The van der Waals surface area contributed by atoms with Gasteiger partial charge in [0, 0.05) is 0 Å². The zero-order valence-corrected chi connectivity index (χ0v) is 40.4. The molecule has 3 heteroatoms. The van der Waals surface area contributed by atoms with Crippen LogP contribution in [-0.4, -0.2) is 3.21 Å². The second-order valence-corrected chi connectivity index (χ2v) is 25.5. The molecule has 0 amide bonds. The number of benzene rings is 6. The second kappa shape index (κ2) is 17.2. The van der Waals surface area contributed by atoms with Crippen LogP contribution in [0.1, 0.15) is 106 Å². The third kappa shape index (κ3) is 8.69. The molecule has 0 N–H and O–H groups in total. The molecule has 1 unspecified atom stereocenters. The summed E-state index contributed by atoms with van der Waals surface area (Å²) < 4.78 is 3.55. The van der Waals surface area contributed by atoms with Gasteiger partial charge in [0.05, 0.1) is 0 Å². The fourth-order valence-electron chi connectivity index (χ4n) is 9.25. The summed E-state index contributed by atoms with van der Waals surface area (Å²) in [6, 6.07) is 55.7. The van der Waals surface area contributed by atoms with Crippen LogP contribution in [0.2, 0.25) is 0 Å². The van der Waals surface area contributed by atoms with Gasteiger partial charge in [-0.2, -0.15) is 0 Å². The van der Waals surface area contributed by atoms with Gasteiger partial charge in [0.15, 0.2) is 0 Å². The van der Waals surface area contributed by atoms with Gasteiger partial charge < -0.3 is 24.8 Å². The van der Waals surface area contributed by atoms with Crippen LogP contribution in [0.5, 0.6) is 0 Å². The summed E-state index contributed by atoms with van der Waals surface area (Å²) in [5.74, 6) is 0.369. The molecule has 0 radical (unpaired) electrons. The minimum atomic E-state index is -3.10. The van der Waals surface area contributed by atoms with Gasteiger partial charge in [-0.1, -0.05) is 0 Å². The third-order valence-corrected chi connectivity index (χ3v) is 20.9. The summed E-state index contributed by atoms with van der Waals surface area (Å²) in [5, 5.41) is 0. The Balaban J connectivity index is 0.00000293. The molecule has 59 heavy (non-hydrogen) atoms. The molecular formula is C56H58Cl2Zr. The zero-order valence-electron chi connectivity index (χ0n) is 36.4. The van der Waals surface area contributed by atoms with Gasteiger partial charge in [-0.3, -0.25) is 0 Å². The average molecular weight is 893 g/mol. The van der Waals surface area contributed by atoms with Crippen LogP contribution in [-0.2, 0) is 32.1 Å². The van der Waals surface area contributed by atoms with Crippen LogP contribution in [0.3, 0.4) is 0 Å². The molecule has 6 aromatic carbocycles. The molecule has 0 nitrogen and oxygen atoms in total. The van der Waals surface area contributed by atoms with Crippen molar-refractivity contribution in [1.29, 1.82) is 0 Å². The van der Waals surface area contributed by atoms with E-state index in [1.165, 1.54) is 72.3 Å². The molecule has 0 bridgehead atoms. The van der Waals surface area contributed by atoms with Crippen LogP contribution < -0.4 is 24.8 Å². The largest absolute Gasteiger partial charge is 1.00 e. The SMILES string of the molecule is CC1C=C(C(C)(C)C)C=[C]1[Zr+2](=[C](c1ccccc1)c1ccccc1)[CH]1c2cc(-c3ccccc3)c(C(C)(C)C)cc2-c2cc(C(C)(C)C)c(-c3ccccc3)cc21.[Cl-].[Cl-]. The molecule has 2 aliphatic carbocycles. The molecule has 0 saturated heterocycles. The number of hydrogen-bond donors (Lipinski definition) is 0. The van der Waals surface area contributed by atoms with Crippen molar-refractivity contribution in [2.45, 2.75) is 83.7 Å². The van der Waals surface area contributed by atoms with Gasteiger partial charge in [0.25, 0.3) is 0 Å². The van der Waals surface area contributed by atoms with Crippen molar-refractivity contribution >= 4 is 3.21 Å². The Morgan fingerprint density at radius 2 is 0.831 bits per heavy atom. The monoisotopic (exact) mass is 890 g/mol. The normalized spacial score (nSPS) is 14.8. The Labute approximate surface area is 374 Å². The minimum absolute atomic E-state index is 0. The number of fused-ring (bicyclic) bond motifs is 3. The zero-order chi connectivity index (χ0) is 40.3. The van der Waals surface area contributed by atoms with Gasteiger partial charge in [0.1, 0.15) is 0 Å². The molecule has 1 atom stereocenters. The van der Waals surface area contributed by atoms with Crippen molar-refractivity contribution in [2.24, 2.45) is 11.3 Å². The third-order valence-electron chi connectivity index (χ3n) is 12.2. The molecule has 6 aromatic rings. The van der Waals surface area contributed by atoms with E-state index < -0.39 is 21.3 Å². The summed E-state index contributed by atoms with van der Waals surface area (Å²) in [6.07, 6.45) is 5.27. The Hall–Kier alpha value is -3.87. The van der Waals surface area contributed by atoms with Crippen LogP contribution in [0, 0.1) is 11.3 Å². The number of hydrogen-bond acceptors (Lipinski definition) is 0. The second-order valence-electron chi connectivity index (χ2n) is 19.4. The van der Waals surface area contributed by atoms with Crippen molar-refractivity contribution in [1.82, 2.24) is 0 Å². The standard InChI is InChI=1S/C33H33.C13H10.C10H15.2ClH.Zr/c1-32(2,3)30-20-26-24(18-28(30)22-13-9-7-10-14-22)17-25-19-29(23-15-11-8-12-16-23)31(21-27(25)26)33(4,5)6;1-3-7-12(8-4-1)11-13-9-5-2-6-10-13;1-8-5-6-9(7-8)10(2,3)4;;;/h7-21H,1-6H3;1-10H;6-8H,1-4H3;2*1H;/q;;;;;+2/p-2. The van der Waals surface area contributed by atoms with Crippen molar-refractivity contribution in [3.05, 3.63) is 200 Å². The number of halogens is 2. The van der Waals surface area contributed by atoms with Crippen LogP contribution in [0.15, 0.2) is 167 Å². The maximum atomic E-state index is 2.67. The van der Waals surface area contributed by atoms with E-state index in [9.17, 15) is 0 Å². The van der Waals surface area contributed by atoms with Crippen LogP contribution in [0.25, 0.3) is 33.4 Å². The van der Waals surface area contributed by atoms with E-state index in [0.717, 1.165) is 0 Å². The van der Waals surface area contributed by atoms with Crippen molar-refractivity contribution in [3.63, 3.8) is 0 Å². The van der Waals surface area contributed by atoms with E-state index in [1.807, 2.05) is 0 Å². The van der Waals surface area contributed by atoms with E-state index >= 15 is 0 Å². The quantitative estimate of drug-likeness (QED) is 0.157. The van der Waals surface area contributed by atoms with Crippen molar-refractivity contribution < 1.29 is 46.1 Å². The topological polar surface area (TPSA) is 0 Å². The molecular weight excluding hydrogens is 835 g/mol. The van der Waals surface area contributed by atoms with Gasteiger partial charge >= 0.3 is 353 Å². The van der Waals surface area contributed by atoms with Crippen molar-refractivity contribution in [3.8, 4) is 33.4 Å². The molecule has 0 heterocycles. The molecule has 8 rings (SSSR count). The van der Waals surface area contributed by atoms with Crippen LogP contribution in [0.4, 0.5) is 0 Å². The van der Waals surface area contributed by atoms with E-state index in [2.05, 4.69) is 227 Å². The van der Waals surface area contributed by atoms with Gasteiger partial charge in [-0.25, -0.2) is 0 Å². The van der Waals surface area contributed by atoms with Crippen LogP contribution >= 0.6 is 0 Å². The molecule has 0 spiro atoms. The van der Waals surface area contributed by atoms with Gasteiger partial charge in [0.2, 0.25) is 0 Å². The summed E-state index contributed by atoms with van der Waals surface area (Å²) in [4.78, 5) is 0. The van der Waals surface area contributed by atoms with E-state index in [4.69, 9.17) is 0 Å². The Morgan fingerprint density at radius 1 is 0.458 bits per heavy atom. The smallest absolute Gasteiger partial charge is 1.00 e. The summed E-state index contributed by atoms with van der Waals surface area (Å²) >= 11 is -3.10. The van der Waals surface area contributed by atoms with E-state index in [1.54, 1.807) is 6.49 Å². The predicted octanol–water partition coefficient (Wildman–Crippen LogP) is 9.09. The summed E-state index contributed by atoms with van der Waals surface area (Å²) in [6.45, 7) is 23.9.